The molecule has 1 atom stereocenters. The molecule has 0 spiro atoms. The number of anilines is 1. The van der Waals surface area contributed by atoms with E-state index in [1.807, 2.05) is 20.8 Å². The van der Waals surface area contributed by atoms with E-state index in [0.717, 1.165) is 6.42 Å². The molecule has 134 valence electrons. The number of hydrogen-bond acceptors (Lipinski definition) is 4. The van der Waals surface area contributed by atoms with E-state index in [1.165, 1.54) is 0 Å². The van der Waals surface area contributed by atoms with Crippen LogP contribution in [0.2, 0.25) is 0 Å². The summed E-state index contributed by atoms with van der Waals surface area (Å²) in [6.45, 7) is 7.82. The summed E-state index contributed by atoms with van der Waals surface area (Å²) in [7, 11) is 0. The SMILES string of the molecule is CCOCCCNC(=O)c1cccc(NC(=O)[C@@H](N)CC(C)C)c1. The zero-order valence-corrected chi connectivity index (χ0v) is 14.8. The van der Waals surface area contributed by atoms with Gasteiger partial charge in [-0.2, -0.15) is 0 Å². The van der Waals surface area contributed by atoms with Crippen molar-refractivity contribution in [1.82, 2.24) is 5.32 Å². The summed E-state index contributed by atoms with van der Waals surface area (Å²) in [6, 6.07) is 6.28. The molecule has 0 aromatic heterocycles. The predicted molar refractivity (Wildman–Crippen MR) is 95.9 cm³/mol. The maximum absolute atomic E-state index is 12.1. The Hall–Kier alpha value is -1.92. The van der Waals surface area contributed by atoms with Gasteiger partial charge < -0.3 is 21.1 Å². The number of nitrogens with two attached hydrogens (primary N) is 1. The minimum absolute atomic E-state index is 0.172. The molecule has 0 saturated heterocycles. The Morgan fingerprint density at radius 3 is 2.71 bits per heavy atom. The molecular formula is C18H29N3O3. The highest BCUT2D eigenvalue weighted by molar-refractivity contribution is 5.98. The normalized spacial score (nSPS) is 12.0. The lowest BCUT2D eigenvalue weighted by Crippen LogP contribution is -2.36. The van der Waals surface area contributed by atoms with Crippen molar-refractivity contribution in [2.45, 2.75) is 39.7 Å². The first-order valence-electron chi connectivity index (χ1n) is 8.46. The molecule has 0 saturated carbocycles. The van der Waals surface area contributed by atoms with Crippen LogP contribution in [0, 0.1) is 5.92 Å². The first-order valence-corrected chi connectivity index (χ1v) is 8.46. The van der Waals surface area contributed by atoms with E-state index in [0.29, 0.717) is 43.3 Å². The third kappa shape index (κ3) is 7.57. The maximum Gasteiger partial charge on any atom is 0.251 e. The van der Waals surface area contributed by atoms with Crippen LogP contribution in [0.4, 0.5) is 5.69 Å². The highest BCUT2D eigenvalue weighted by atomic mass is 16.5. The van der Waals surface area contributed by atoms with Crippen molar-refractivity contribution in [3.05, 3.63) is 29.8 Å². The van der Waals surface area contributed by atoms with Crippen molar-refractivity contribution in [3.8, 4) is 0 Å². The lowest BCUT2D eigenvalue weighted by molar-refractivity contribution is -0.117. The number of hydrogen-bond donors (Lipinski definition) is 3. The highest BCUT2D eigenvalue weighted by Crippen LogP contribution is 2.12. The van der Waals surface area contributed by atoms with Crippen LogP contribution in [-0.2, 0) is 9.53 Å². The molecule has 1 aromatic carbocycles. The third-order valence-electron chi connectivity index (χ3n) is 3.41. The molecule has 0 unspecified atom stereocenters. The average molecular weight is 335 g/mol. The monoisotopic (exact) mass is 335 g/mol. The van der Waals surface area contributed by atoms with Crippen LogP contribution >= 0.6 is 0 Å². The fourth-order valence-electron chi connectivity index (χ4n) is 2.21. The summed E-state index contributed by atoms with van der Waals surface area (Å²) < 4.78 is 5.22. The number of amides is 2. The van der Waals surface area contributed by atoms with E-state index in [2.05, 4.69) is 10.6 Å². The Kier molecular flexibility index (Phi) is 9.04. The summed E-state index contributed by atoms with van der Waals surface area (Å²) >= 11 is 0. The summed E-state index contributed by atoms with van der Waals surface area (Å²) in [5.74, 6) is -0.0633. The van der Waals surface area contributed by atoms with Gasteiger partial charge in [0.05, 0.1) is 6.04 Å². The molecule has 2 amide bonds. The third-order valence-corrected chi connectivity index (χ3v) is 3.41. The topological polar surface area (TPSA) is 93.5 Å². The smallest absolute Gasteiger partial charge is 0.251 e. The van der Waals surface area contributed by atoms with Crippen LogP contribution in [0.25, 0.3) is 0 Å². The molecule has 0 aliphatic rings. The van der Waals surface area contributed by atoms with Gasteiger partial charge in [-0.05, 0) is 43.9 Å². The zero-order chi connectivity index (χ0) is 17.9. The van der Waals surface area contributed by atoms with E-state index in [1.54, 1.807) is 24.3 Å². The number of nitrogens with one attached hydrogen (secondary N) is 2. The number of carbonyl (C=O) groups excluding carboxylic acids is 2. The van der Waals surface area contributed by atoms with Gasteiger partial charge in [0, 0.05) is 31.0 Å². The number of carbonyl (C=O) groups is 2. The predicted octanol–water partition coefficient (Wildman–Crippen LogP) is 2.15. The minimum Gasteiger partial charge on any atom is -0.382 e. The summed E-state index contributed by atoms with van der Waals surface area (Å²) in [6.07, 6.45) is 1.38. The second-order valence-corrected chi connectivity index (χ2v) is 6.11. The van der Waals surface area contributed by atoms with Crippen LogP contribution < -0.4 is 16.4 Å². The fourth-order valence-corrected chi connectivity index (χ4v) is 2.21. The Balaban J connectivity index is 2.53. The van der Waals surface area contributed by atoms with Gasteiger partial charge in [0.25, 0.3) is 5.91 Å². The van der Waals surface area contributed by atoms with Crippen LogP contribution in [0.15, 0.2) is 24.3 Å². The van der Waals surface area contributed by atoms with E-state index >= 15 is 0 Å². The van der Waals surface area contributed by atoms with Crippen molar-refractivity contribution in [2.24, 2.45) is 11.7 Å². The van der Waals surface area contributed by atoms with Gasteiger partial charge in [0.15, 0.2) is 0 Å². The Morgan fingerprint density at radius 1 is 1.29 bits per heavy atom. The molecule has 6 nitrogen and oxygen atoms in total. The molecule has 0 aliphatic carbocycles. The quantitative estimate of drug-likeness (QED) is 0.571. The second kappa shape index (κ2) is 10.8. The molecule has 6 heteroatoms. The lowest BCUT2D eigenvalue weighted by Gasteiger charge is -2.14. The Bertz CT molecular complexity index is 532. The zero-order valence-electron chi connectivity index (χ0n) is 14.8. The lowest BCUT2D eigenvalue weighted by atomic mass is 10.0. The van der Waals surface area contributed by atoms with Crippen LogP contribution in [-0.4, -0.2) is 37.6 Å². The van der Waals surface area contributed by atoms with Crippen molar-refractivity contribution < 1.29 is 14.3 Å². The van der Waals surface area contributed by atoms with Crippen molar-refractivity contribution >= 4 is 17.5 Å². The molecule has 0 bridgehead atoms. The Labute approximate surface area is 144 Å². The minimum atomic E-state index is -0.555. The van der Waals surface area contributed by atoms with Gasteiger partial charge >= 0.3 is 0 Å². The maximum atomic E-state index is 12.1. The van der Waals surface area contributed by atoms with Gasteiger partial charge in [-0.3, -0.25) is 9.59 Å². The molecule has 1 rings (SSSR count). The first kappa shape index (κ1) is 20.1. The van der Waals surface area contributed by atoms with Gasteiger partial charge in [0.2, 0.25) is 5.91 Å². The van der Waals surface area contributed by atoms with Crippen LogP contribution in [0.3, 0.4) is 0 Å². The molecule has 24 heavy (non-hydrogen) atoms. The number of rotatable bonds is 10. The first-order chi connectivity index (χ1) is 11.4. The molecule has 0 aliphatic heterocycles. The molecular weight excluding hydrogens is 306 g/mol. The molecule has 0 radical (unpaired) electrons. The molecule has 1 aromatic rings. The van der Waals surface area contributed by atoms with Gasteiger partial charge in [-0.25, -0.2) is 0 Å². The van der Waals surface area contributed by atoms with E-state index in [-0.39, 0.29) is 11.8 Å². The standard InChI is InChI=1S/C18H29N3O3/c1-4-24-10-6-9-20-17(22)14-7-5-8-15(12-14)21-18(23)16(19)11-13(2)3/h5,7-8,12-13,16H,4,6,9-11,19H2,1-3H3,(H,20,22)(H,21,23)/t16-/m0/s1. The largest absolute Gasteiger partial charge is 0.382 e. The van der Waals surface area contributed by atoms with Gasteiger partial charge in [0.1, 0.15) is 0 Å². The van der Waals surface area contributed by atoms with Crippen molar-refractivity contribution in [1.29, 1.82) is 0 Å². The van der Waals surface area contributed by atoms with Gasteiger partial charge in [-0.15, -0.1) is 0 Å². The second-order valence-electron chi connectivity index (χ2n) is 6.11. The van der Waals surface area contributed by atoms with Crippen LogP contribution in [0.1, 0.15) is 44.0 Å². The molecule has 0 heterocycles. The van der Waals surface area contributed by atoms with Crippen LogP contribution in [0.5, 0.6) is 0 Å². The summed E-state index contributed by atoms with van der Waals surface area (Å²) in [4.78, 5) is 24.2. The van der Waals surface area contributed by atoms with E-state index in [9.17, 15) is 9.59 Å². The summed E-state index contributed by atoms with van der Waals surface area (Å²) in [5.41, 5.74) is 6.94. The van der Waals surface area contributed by atoms with Crippen molar-refractivity contribution in [3.63, 3.8) is 0 Å². The Morgan fingerprint density at radius 2 is 2.04 bits per heavy atom. The highest BCUT2D eigenvalue weighted by Gasteiger charge is 2.15. The number of benzene rings is 1. The molecule has 4 N–H and O–H groups in total. The van der Waals surface area contributed by atoms with Crippen molar-refractivity contribution in [2.75, 3.05) is 25.1 Å². The van der Waals surface area contributed by atoms with Gasteiger partial charge in [-0.1, -0.05) is 19.9 Å². The number of ether oxygens (including phenoxy) is 1. The van der Waals surface area contributed by atoms with E-state index in [4.69, 9.17) is 10.5 Å². The average Bonchev–Trinajstić information content (AvgIpc) is 2.54. The fraction of sp³-hybridized carbons (Fsp3) is 0.556. The van der Waals surface area contributed by atoms with E-state index < -0.39 is 6.04 Å². The molecule has 0 fully saturated rings. The summed E-state index contributed by atoms with van der Waals surface area (Å²) in [5, 5.41) is 5.59.